The van der Waals surface area contributed by atoms with Crippen LogP contribution in [-0.4, -0.2) is 113 Å². The van der Waals surface area contributed by atoms with Crippen LogP contribution in [0.2, 0.25) is 0 Å². The molecular weight excluding hydrogens is 781 g/mol. The number of aliphatic hydroxyl groups is 1. The summed E-state index contributed by atoms with van der Waals surface area (Å²) in [6, 6.07) is 3.05. The van der Waals surface area contributed by atoms with Gasteiger partial charge in [-0.3, -0.25) is 24.0 Å². The van der Waals surface area contributed by atoms with Gasteiger partial charge in [-0.15, -0.1) is 5.10 Å². The van der Waals surface area contributed by atoms with Gasteiger partial charge in [0.15, 0.2) is 9.84 Å². The fourth-order valence-electron chi connectivity index (χ4n) is 8.05. The largest absolute Gasteiger partial charge is 0.384 e. The number of nitrogens with zero attached hydrogens (tertiary/aromatic N) is 5. The third kappa shape index (κ3) is 9.50. The lowest BCUT2D eigenvalue weighted by Crippen LogP contribution is -2.64. The monoisotopic (exact) mass is 830 g/mol. The van der Waals surface area contributed by atoms with E-state index in [4.69, 9.17) is 5.73 Å². The number of sulfone groups is 1. The number of hydrogen-bond acceptors (Lipinski definition) is 12. The highest BCUT2D eigenvalue weighted by molar-refractivity contribution is 7.91. The Morgan fingerprint density at radius 3 is 2.23 bits per heavy atom. The Kier molecular flexibility index (Phi) is 12.2. The smallest absolute Gasteiger partial charge is 0.287 e. The van der Waals surface area contributed by atoms with Crippen molar-refractivity contribution < 1.29 is 45.9 Å². The number of hydrogen-bond donors (Lipinski definition) is 4. The molecule has 1 aromatic carbocycles. The van der Waals surface area contributed by atoms with Crippen LogP contribution in [0.5, 0.6) is 0 Å². The lowest BCUT2D eigenvalue weighted by molar-refractivity contribution is -0.143. The van der Waals surface area contributed by atoms with Crippen LogP contribution in [0.3, 0.4) is 0 Å². The minimum absolute atomic E-state index is 0.00257. The Bertz CT molecular complexity index is 2140. The summed E-state index contributed by atoms with van der Waals surface area (Å²) < 4.78 is 54.5. The number of rotatable bonds is 13. The molecule has 6 rings (SSSR count). The first-order valence-electron chi connectivity index (χ1n) is 19.3. The first kappa shape index (κ1) is 42.2. The van der Waals surface area contributed by atoms with Crippen LogP contribution in [0.25, 0.3) is 0 Å². The molecule has 2 saturated carbocycles. The molecule has 57 heavy (non-hydrogen) atoms. The minimum atomic E-state index is -3.81. The first-order valence-corrected chi connectivity index (χ1v) is 22.6. The Balaban J connectivity index is 1.34. The SMILES string of the molecule is CC(C)(O)c1cnnn1[C@H]1C[C@@H](C(=O)NC2(C(=O)C(N)=O)CCS(=O)(=O)CC2)N(C(=O)C(CC2CCCCC2)=NC(=O)c2ccc(S(=O)(=O)NC3CCC3)cc2)C1. The molecule has 0 spiro atoms. The topological polar surface area (TPSA) is 270 Å². The zero-order chi connectivity index (χ0) is 41.3. The second-order valence-corrected chi connectivity index (χ2v) is 20.3. The van der Waals surface area contributed by atoms with Gasteiger partial charge in [-0.2, -0.15) is 0 Å². The van der Waals surface area contributed by atoms with Crippen molar-refractivity contribution >= 4 is 55.0 Å². The van der Waals surface area contributed by atoms with Crippen molar-refractivity contribution in [3.63, 3.8) is 0 Å². The van der Waals surface area contributed by atoms with E-state index < -0.39 is 96.8 Å². The highest BCUT2D eigenvalue weighted by Gasteiger charge is 2.50. The quantitative estimate of drug-likeness (QED) is 0.162. The van der Waals surface area contributed by atoms with E-state index in [0.29, 0.717) is 5.69 Å². The first-order chi connectivity index (χ1) is 26.8. The molecule has 1 aromatic heterocycles. The molecule has 2 atom stereocenters. The number of nitrogens with two attached hydrogens (primary N) is 1. The highest BCUT2D eigenvalue weighted by Crippen LogP contribution is 2.34. The molecule has 4 fully saturated rings. The molecule has 18 nitrogen and oxygen atoms in total. The molecule has 20 heteroatoms. The van der Waals surface area contributed by atoms with Gasteiger partial charge in [-0.25, -0.2) is 31.2 Å². The molecule has 4 amide bonds. The number of aliphatic imine (C=N–C) groups is 1. The molecule has 4 aliphatic rings. The number of amides is 4. The zero-order valence-electron chi connectivity index (χ0n) is 32.1. The van der Waals surface area contributed by atoms with Gasteiger partial charge in [-0.05, 0) is 76.1 Å². The third-order valence-corrected chi connectivity index (χ3v) is 14.8. The fourth-order valence-corrected chi connectivity index (χ4v) is 10.9. The maximum Gasteiger partial charge on any atom is 0.287 e. The van der Waals surface area contributed by atoms with E-state index in [1.165, 1.54) is 53.9 Å². The average molecular weight is 831 g/mol. The molecule has 2 aliphatic carbocycles. The second-order valence-electron chi connectivity index (χ2n) is 16.2. The third-order valence-electron chi connectivity index (χ3n) is 11.6. The van der Waals surface area contributed by atoms with Crippen LogP contribution in [0, 0.1) is 5.92 Å². The van der Waals surface area contributed by atoms with E-state index >= 15 is 0 Å². The summed E-state index contributed by atoms with van der Waals surface area (Å²) in [6.45, 7) is 2.88. The van der Waals surface area contributed by atoms with Crippen molar-refractivity contribution in [2.24, 2.45) is 16.6 Å². The van der Waals surface area contributed by atoms with Crippen LogP contribution in [0.15, 0.2) is 40.4 Å². The van der Waals surface area contributed by atoms with Crippen LogP contribution in [0.1, 0.15) is 113 Å². The van der Waals surface area contributed by atoms with Gasteiger partial charge in [-0.1, -0.05) is 43.7 Å². The number of Topliss-reactive ketones (excluding diaryl/α,β-unsaturated/α-hetero) is 1. The van der Waals surface area contributed by atoms with E-state index in [2.05, 4.69) is 25.3 Å². The van der Waals surface area contributed by atoms with E-state index in [1.54, 1.807) is 0 Å². The van der Waals surface area contributed by atoms with Crippen molar-refractivity contribution in [2.75, 3.05) is 18.1 Å². The predicted molar refractivity (Wildman–Crippen MR) is 205 cm³/mol. The Morgan fingerprint density at radius 1 is 1.00 bits per heavy atom. The summed E-state index contributed by atoms with van der Waals surface area (Å²) in [7, 11) is -7.38. The average Bonchev–Trinajstić information content (AvgIpc) is 3.83. The summed E-state index contributed by atoms with van der Waals surface area (Å²) in [5.41, 5.74) is 2.22. The molecule has 0 bridgehead atoms. The molecule has 2 aliphatic heterocycles. The normalized spacial score (nSPS) is 23.1. The van der Waals surface area contributed by atoms with Gasteiger partial charge < -0.3 is 21.1 Å². The standard InChI is InChI=1S/C37H50N8O10S2/c1-36(2,51)30-21-39-43-45(30)26-20-29(34(49)41-37(31(46)32(38)47)15-17-56(52,53)18-16-37)44(22-26)35(50)28(19-23-7-4-3-5-8-23)40-33(48)24-11-13-27(14-12-24)57(54,55)42-25-9-6-10-25/h11-14,21,23,25-26,29,42,51H,3-10,15-20,22H2,1-2H3,(H2,38,47)(H,41,49)/t26-,29-/m0/s1. The number of ketones is 1. The van der Waals surface area contributed by atoms with Crippen molar-refractivity contribution in [2.45, 2.75) is 125 Å². The predicted octanol–water partition coefficient (Wildman–Crippen LogP) is 0.848. The van der Waals surface area contributed by atoms with Gasteiger partial charge >= 0.3 is 0 Å². The van der Waals surface area contributed by atoms with E-state index in [-0.39, 0.29) is 47.5 Å². The Morgan fingerprint density at radius 2 is 1.65 bits per heavy atom. The number of carbonyl (C=O) groups is 5. The maximum atomic E-state index is 14.8. The number of likely N-dealkylation sites (tertiary alicyclic amines) is 1. The van der Waals surface area contributed by atoms with Gasteiger partial charge in [0.05, 0.1) is 34.3 Å². The summed E-state index contributed by atoms with van der Waals surface area (Å²) in [6.07, 6.45) is 7.41. The Hall–Kier alpha value is -4.40. The molecule has 0 unspecified atom stereocenters. The van der Waals surface area contributed by atoms with Crippen molar-refractivity contribution in [1.29, 1.82) is 0 Å². The van der Waals surface area contributed by atoms with Crippen molar-refractivity contribution in [3.8, 4) is 0 Å². The molecule has 3 heterocycles. The minimum Gasteiger partial charge on any atom is -0.384 e. The van der Waals surface area contributed by atoms with Gasteiger partial charge in [0.1, 0.15) is 22.9 Å². The maximum absolute atomic E-state index is 14.8. The molecule has 310 valence electrons. The lowest BCUT2D eigenvalue weighted by Gasteiger charge is -2.37. The second kappa shape index (κ2) is 16.5. The van der Waals surface area contributed by atoms with Crippen LogP contribution in [-0.2, 0) is 44.6 Å². The highest BCUT2D eigenvalue weighted by atomic mass is 32.2. The molecule has 2 saturated heterocycles. The van der Waals surface area contributed by atoms with Crippen LogP contribution in [0.4, 0.5) is 0 Å². The van der Waals surface area contributed by atoms with Crippen LogP contribution >= 0.6 is 0 Å². The van der Waals surface area contributed by atoms with Gasteiger partial charge in [0.25, 0.3) is 17.7 Å². The Labute approximate surface area is 331 Å². The molecule has 5 N–H and O–H groups in total. The number of primary amides is 1. The summed E-state index contributed by atoms with van der Waals surface area (Å²) in [4.78, 5) is 73.8. The number of benzene rings is 1. The summed E-state index contributed by atoms with van der Waals surface area (Å²) in [5.74, 6) is -5.89. The van der Waals surface area contributed by atoms with Crippen molar-refractivity contribution in [3.05, 3.63) is 41.7 Å². The molecule has 2 aromatic rings. The number of nitrogens with one attached hydrogen (secondary N) is 2. The van der Waals surface area contributed by atoms with Crippen LogP contribution < -0.4 is 15.8 Å². The van der Waals surface area contributed by atoms with Gasteiger partial charge in [0.2, 0.25) is 21.7 Å². The molecule has 0 radical (unpaired) electrons. The summed E-state index contributed by atoms with van der Waals surface area (Å²) in [5, 5.41) is 21.6. The van der Waals surface area contributed by atoms with E-state index in [1.807, 2.05) is 0 Å². The zero-order valence-corrected chi connectivity index (χ0v) is 33.7. The summed E-state index contributed by atoms with van der Waals surface area (Å²) >= 11 is 0. The lowest BCUT2D eigenvalue weighted by atomic mass is 9.85. The molecular formula is C37H50N8O10S2. The number of sulfonamides is 1. The number of aromatic nitrogens is 3. The van der Waals surface area contributed by atoms with E-state index in [0.717, 1.165) is 51.4 Å². The number of carbonyl (C=O) groups excluding carboxylic acids is 5. The van der Waals surface area contributed by atoms with E-state index in [9.17, 15) is 45.9 Å². The fraction of sp³-hybridized carbons (Fsp3) is 0.622. The van der Waals surface area contributed by atoms with Crippen molar-refractivity contribution in [1.82, 2.24) is 29.9 Å². The van der Waals surface area contributed by atoms with Gasteiger partial charge in [0, 0.05) is 24.6 Å².